The molecule has 0 spiro atoms. The van der Waals surface area contributed by atoms with Gasteiger partial charge in [0.2, 0.25) is 0 Å². The predicted molar refractivity (Wildman–Crippen MR) is 128 cm³/mol. The van der Waals surface area contributed by atoms with E-state index in [-0.39, 0.29) is 0 Å². The van der Waals surface area contributed by atoms with Crippen LogP contribution in [0.25, 0.3) is 0 Å². The second-order valence-corrected chi connectivity index (χ2v) is 9.48. The number of ether oxygens (including phenoxy) is 2. The molecule has 0 amide bonds. The summed E-state index contributed by atoms with van der Waals surface area (Å²) in [7, 11) is -2.97. The Kier molecular flexibility index (Phi) is 13.8. The van der Waals surface area contributed by atoms with Crippen molar-refractivity contribution in [3.63, 3.8) is 0 Å². The van der Waals surface area contributed by atoms with Crippen LogP contribution in [-0.4, -0.2) is 51.1 Å². The fourth-order valence-corrected chi connectivity index (χ4v) is 4.74. The number of unbranched alkanes of at least 4 members (excludes halogenated alkanes) is 11. The van der Waals surface area contributed by atoms with Crippen LogP contribution in [0.5, 0.6) is 0 Å². The van der Waals surface area contributed by atoms with Crippen molar-refractivity contribution in [3.05, 3.63) is 33.1 Å². The lowest BCUT2D eigenvalue weighted by Crippen LogP contribution is -2.40. The predicted octanol–water partition coefficient (Wildman–Crippen LogP) is 3.55. The minimum Gasteiger partial charge on any atom is -0.394 e. The quantitative estimate of drug-likeness (QED) is 0.204. The Labute approximate surface area is 201 Å². The van der Waals surface area contributed by atoms with Crippen molar-refractivity contribution in [1.29, 1.82) is 0 Å². The van der Waals surface area contributed by atoms with Gasteiger partial charge in [0.15, 0.2) is 12.3 Å². The number of rotatable bonds is 18. The van der Waals surface area contributed by atoms with E-state index >= 15 is 0 Å². The molecule has 3 N–H and O–H groups in total. The van der Waals surface area contributed by atoms with Gasteiger partial charge in [0.25, 0.3) is 5.56 Å². The Balaban J connectivity index is 1.79. The van der Waals surface area contributed by atoms with Crippen molar-refractivity contribution >= 4 is 8.25 Å². The van der Waals surface area contributed by atoms with Gasteiger partial charge in [-0.3, -0.25) is 14.3 Å². The van der Waals surface area contributed by atoms with Gasteiger partial charge in [-0.25, -0.2) is 4.79 Å². The normalized spacial score (nSPS) is 22.9. The standard InChI is InChI=1S/C23H39N2O8P/c1-2-3-4-5-6-7-8-9-10-11-12-13-16-31-21-20(33-34(29)30)18(17-26)32-22(21)25-15-14-19(27)24-23(25)28/h14-15,18,20-22,26H,2-13,16-17H2,1H3,(H-,24,27,28,29,30)/p+1/t18-,20+,21?,22-/m1/s1. The topological polar surface area (TPSA) is 140 Å². The number of aliphatic hydroxyl groups excluding tert-OH is 1. The van der Waals surface area contributed by atoms with Crippen molar-refractivity contribution in [1.82, 2.24) is 9.55 Å². The first-order valence-corrected chi connectivity index (χ1v) is 13.6. The molecule has 0 radical (unpaired) electrons. The number of aromatic nitrogens is 2. The molecule has 0 saturated carbocycles. The molecular formula is C23H40N2O8P+. The molecule has 2 rings (SSSR count). The highest BCUT2D eigenvalue weighted by molar-refractivity contribution is 7.32. The van der Waals surface area contributed by atoms with Crippen LogP contribution < -0.4 is 11.2 Å². The lowest BCUT2D eigenvalue weighted by Gasteiger charge is -2.22. The molecule has 1 aliphatic heterocycles. The van der Waals surface area contributed by atoms with Gasteiger partial charge >= 0.3 is 13.9 Å². The smallest absolute Gasteiger partial charge is 0.394 e. The lowest BCUT2D eigenvalue weighted by molar-refractivity contribution is -0.0744. The van der Waals surface area contributed by atoms with Gasteiger partial charge in [-0.05, 0) is 6.42 Å². The van der Waals surface area contributed by atoms with Crippen LogP contribution in [0.15, 0.2) is 21.9 Å². The Hall–Kier alpha value is -1.42. The van der Waals surface area contributed by atoms with Crippen LogP contribution in [-0.2, 0) is 18.6 Å². The van der Waals surface area contributed by atoms with E-state index in [2.05, 4.69) is 11.9 Å². The van der Waals surface area contributed by atoms with Gasteiger partial charge in [-0.2, -0.15) is 0 Å². The SMILES string of the molecule is CCCCCCCCCCCCCCOC1[C@@H](O[P+](=O)O)[C@@H](CO)O[C@H]1n1ccc(=O)[nH]c1=O. The zero-order chi connectivity index (χ0) is 24.8. The zero-order valence-electron chi connectivity index (χ0n) is 20.1. The van der Waals surface area contributed by atoms with E-state index in [4.69, 9.17) is 14.0 Å². The van der Waals surface area contributed by atoms with Crippen molar-refractivity contribution in [2.45, 2.75) is 109 Å². The van der Waals surface area contributed by atoms with Crippen molar-refractivity contribution in [2.24, 2.45) is 0 Å². The maximum absolute atomic E-state index is 12.2. The Morgan fingerprint density at radius 1 is 1.00 bits per heavy atom. The molecule has 0 bridgehead atoms. The van der Waals surface area contributed by atoms with Gasteiger partial charge in [0, 0.05) is 23.4 Å². The summed E-state index contributed by atoms with van der Waals surface area (Å²) in [5, 5.41) is 9.65. The first-order chi connectivity index (χ1) is 16.5. The first-order valence-electron chi connectivity index (χ1n) is 12.5. The number of hydrogen-bond donors (Lipinski definition) is 3. The van der Waals surface area contributed by atoms with E-state index in [9.17, 15) is 24.2 Å². The number of aliphatic hydroxyl groups is 1. The zero-order valence-corrected chi connectivity index (χ0v) is 21.0. The molecule has 10 nitrogen and oxygen atoms in total. The molecule has 0 aliphatic carbocycles. The Morgan fingerprint density at radius 2 is 1.59 bits per heavy atom. The molecule has 194 valence electrons. The van der Waals surface area contributed by atoms with Crippen molar-refractivity contribution < 1.29 is 28.6 Å². The number of nitrogens with one attached hydrogen (secondary N) is 1. The van der Waals surface area contributed by atoms with Gasteiger partial charge in [0.1, 0.15) is 12.2 Å². The van der Waals surface area contributed by atoms with E-state index in [1.807, 2.05) is 0 Å². The summed E-state index contributed by atoms with van der Waals surface area (Å²) in [6.45, 7) is 2.09. The summed E-state index contributed by atoms with van der Waals surface area (Å²) in [4.78, 5) is 35.0. The van der Waals surface area contributed by atoms with Crippen LogP contribution >= 0.6 is 8.25 Å². The maximum Gasteiger partial charge on any atom is 0.695 e. The highest BCUT2D eigenvalue weighted by atomic mass is 31.1. The molecule has 5 atom stereocenters. The third-order valence-electron chi connectivity index (χ3n) is 6.11. The van der Waals surface area contributed by atoms with Gasteiger partial charge in [-0.15, -0.1) is 9.42 Å². The highest BCUT2D eigenvalue weighted by Gasteiger charge is 2.51. The molecule has 1 aromatic rings. The van der Waals surface area contributed by atoms with E-state index in [0.29, 0.717) is 6.61 Å². The van der Waals surface area contributed by atoms with Crippen LogP contribution in [0.1, 0.15) is 90.2 Å². The molecule has 1 fully saturated rings. The number of nitrogens with zero attached hydrogens (tertiary/aromatic N) is 1. The Bertz CT molecular complexity index is 830. The average molecular weight is 504 g/mol. The summed E-state index contributed by atoms with van der Waals surface area (Å²) in [6.07, 6.45) is 11.8. The summed E-state index contributed by atoms with van der Waals surface area (Å²) >= 11 is 0. The number of hydrogen-bond acceptors (Lipinski definition) is 7. The third kappa shape index (κ3) is 9.68. The van der Waals surface area contributed by atoms with Crippen LogP contribution in [0.3, 0.4) is 0 Å². The molecule has 2 heterocycles. The van der Waals surface area contributed by atoms with Crippen LogP contribution in [0, 0.1) is 0 Å². The van der Waals surface area contributed by atoms with Gasteiger partial charge in [-0.1, -0.05) is 77.6 Å². The fourth-order valence-electron chi connectivity index (χ4n) is 4.28. The second kappa shape index (κ2) is 16.3. The van der Waals surface area contributed by atoms with E-state index in [0.717, 1.165) is 23.8 Å². The average Bonchev–Trinajstić information content (AvgIpc) is 3.13. The summed E-state index contributed by atoms with van der Waals surface area (Å²) in [6, 6.07) is 1.17. The minimum atomic E-state index is -2.97. The monoisotopic (exact) mass is 503 g/mol. The second-order valence-electron chi connectivity index (χ2n) is 8.80. The molecule has 1 aliphatic rings. The molecule has 2 unspecified atom stereocenters. The summed E-state index contributed by atoms with van der Waals surface area (Å²) in [5.74, 6) is 0. The first kappa shape index (κ1) is 28.8. The van der Waals surface area contributed by atoms with Crippen LogP contribution in [0.4, 0.5) is 0 Å². The van der Waals surface area contributed by atoms with Gasteiger partial charge in [0.05, 0.1) is 6.61 Å². The summed E-state index contributed by atoms with van der Waals surface area (Å²) in [5.41, 5.74) is -1.26. The third-order valence-corrected chi connectivity index (χ3v) is 6.53. The van der Waals surface area contributed by atoms with Gasteiger partial charge < -0.3 is 14.6 Å². The molecule has 0 aromatic carbocycles. The van der Waals surface area contributed by atoms with E-state index in [1.165, 1.54) is 70.1 Å². The van der Waals surface area contributed by atoms with Crippen molar-refractivity contribution in [2.75, 3.05) is 13.2 Å². The Morgan fingerprint density at radius 3 is 2.12 bits per heavy atom. The van der Waals surface area contributed by atoms with Crippen molar-refractivity contribution in [3.8, 4) is 0 Å². The van der Waals surface area contributed by atoms with E-state index < -0.39 is 50.7 Å². The molecule has 11 heteroatoms. The summed E-state index contributed by atoms with van der Waals surface area (Å²) < 4.78 is 29.2. The molecule has 1 aromatic heterocycles. The van der Waals surface area contributed by atoms with Crippen LogP contribution in [0.2, 0.25) is 0 Å². The maximum atomic E-state index is 12.2. The number of H-pyrrole nitrogens is 1. The lowest BCUT2D eigenvalue weighted by atomic mass is 10.1. The molecule has 34 heavy (non-hydrogen) atoms. The number of aromatic amines is 1. The minimum absolute atomic E-state index is 0.347. The fraction of sp³-hybridized carbons (Fsp3) is 0.826. The molecule has 1 saturated heterocycles. The largest absolute Gasteiger partial charge is 0.695 e. The molecular weight excluding hydrogens is 463 g/mol. The van der Waals surface area contributed by atoms with E-state index in [1.54, 1.807) is 0 Å². The highest BCUT2D eigenvalue weighted by Crippen LogP contribution is 2.37.